The lowest BCUT2D eigenvalue weighted by Gasteiger charge is -2.26. The summed E-state index contributed by atoms with van der Waals surface area (Å²) in [5.41, 5.74) is 4.21. The van der Waals surface area contributed by atoms with Gasteiger partial charge >= 0.3 is 6.09 Å². The number of carbonyl (C=O) groups excluding carboxylic acids is 2. The van der Waals surface area contributed by atoms with Gasteiger partial charge in [-0.1, -0.05) is 36.4 Å². The van der Waals surface area contributed by atoms with Gasteiger partial charge in [0.15, 0.2) is 0 Å². The average molecular weight is 424 g/mol. The Balaban J connectivity index is 1.42. The number of nitrogens with zero attached hydrogens (tertiary/aromatic N) is 2. The van der Waals surface area contributed by atoms with E-state index in [4.69, 9.17) is 9.47 Å². The highest BCUT2D eigenvalue weighted by Crippen LogP contribution is 2.25. The Morgan fingerprint density at radius 3 is 2.71 bits per heavy atom. The molecule has 1 fully saturated rings. The third-order valence-corrected chi connectivity index (χ3v) is 6.02. The van der Waals surface area contributed by atoms with Crippen molar-refractivity contribution in [1.29, 1.82) is 0 Å². The van der Waals surface area contributed by atoms with Gasteiger partial charge in [-0.25, -0.2) is 4.79 Å². The molecule has 2 aromatic rings. The molecule has 2 aliphatic heterocycles. The van der Waals surface area contributed by atoms with Gasteiger partial charge in [0, 0.05) is 32.3 Å². The van der Waals surface area contributed by atoms with Crippen LogP contribution in [0.1, 0.15) is 23.1 Å². The van der Waals surface area contributed by atoms with E-state index in [-0.39, 0.29) is 18.6 Å². The molecule has 7 nitrogen and oxygen atoms in total. The van der Waals surface area contributed by atoms with Crippen LogP contribution >= 0.6 is 0 Å². The molecule has 2 aliphatic rings. The van der Waals surface area contributed by atoms with Crippen LogP contribution in [0.25, 0.3) is 0 Å². The van der Waals surface area contributed by atoms with Crippen LogP contribution in [-0.2, 0) is 33.8 Å². The van der Waals surface area contributed by atoms with E-state index < -0.39 is 12.1 Å². The standard InChI is InChI=1S/C24H29N3O4/c1-26-11-10-18-12-20(9-8-19(18)14-26)25-23(28)22-13-21(30-2)15-27(22)24(29)31-16-17-6-4-3-5-7-17/h3-9,12,21-22H,10-11,13-16H2,1-2H3,(H,25,28)/t21-,22-/m1/s1. The molecule has 4 rings (SSSR count). The van der Waals surface area contributed by atoms with E-state index in [1.165, 1.54) is 16.0 Å². The van der Waals surface area contributed by atoms with Crippen molar-refractivity contribution in [3.63, 3.8) is 0 Å². The van der Waals surface area contributed by atoms with E-state index in [1.54, 1.807) is 7.11 Å². The summed E-state index contributed by atoms with van der Waals surface area (Å²) in [6.45, 7) is 2.42. The smallest absolute Gasteiger partial charge is 0.410 e. The summed E-state index contributed by atoms with van der Waals surface area (Å²) < 4.78 is 10.9. The minimum atomic E-state index is -0.629. The van der Waals surface area contributed by atoms with Crippen molar-refractivity contribution in [1.82, 2.24) is 9.80 Å². The SMILES string of the molecule is CO[C@@H]1C[C@H](C(=O)Nc2ccc3c(c2)CCN(C)C3)N(C(=O)OCc2ccccc2)C1. The fourth-order valence-electron chi connectivity index (χ4n) is 4.22. The molecule has 0 spiro atoms. The molecular formula is C24H29N3O4. The summed E-state index contributed by atoms with van der Waals surface area (Å²) in [5, 5.41) is 2.99. The second kappa shape index (κ2) is 9.49. The van der Waals surface area contributed by atoms with Crippen LogP contribution in [-0.4, -0.2) is 61.2 Å². The Kier molecular flexibility index (Phi) is 6.53. The summed E-state index contributed by atoms with van der Waals surface area (Å²) in [6.07, 6.45) is 0.706. The van der Waals surface area contributed by atoms with E-state index in [0.29, 0.717) is 13.0 Å². The molecule has 164 valence electrons. The maximum Gasteiger partial charge on any atom is 0.410 e. The minimum Gasteiger partial charge on any atom is -0.445 e. The number of benzene rings is 2. The van der Waals surface area contributed by atoms with Gasteiger partial charge in [-0.05, 0) is 42.3 Å². The second-order valence-corrected chi connectivity index (χ2v) is 8.26. The van der Waals surface area contributed by atoms with Gasteiger partial charge in [0.1, 0.15) is 12.6 Å². The molecule has 7 heteroatoms. The molecule has 2 atom stereocenters. The van der Waals surface area contributed by atoms with E-state index in [9.17, 15) is 9.59 Å². The summed E-state index contributed by atoms with van der Waals surface area (Å²) in [6, 6.07) is 14.9. The number of hydrogen-bond acceptors (Lipinski definition) is 5. The Morgan fingerprint density at radius 2 is 1.94 bits per heavy atom. The van der Waals surface area contributed by atoms with Crippen molar-refractivity contribution in [2.75, 3.05) is 32.6 Å². The molecule has 1 N–H and O–H groups in total. The number of fused-ring (bicyclic) bond motifs is 1. The Morgan fingerprint density at radius 1 is 1.13 bits per heavy atom. The van der Waals surface area contributed by atoms with Gasteiger partial charge in [0.05, 0.1) is 12.6 Å². The normalized spacial score (nSPS) is 20.9. The molecule has 2 aromatic carbocycles. The van der Waals surface area contributed by atoms with Crippen molar-refractivity contribution in [3.8, 4) is 0 Å². The van der Waals surface area contributed by atoms with Crippen molar-refractivity contribution in [3.05, 3.63) is 65.2 Å². The molecule has 2 heterocycles. The van der Waals surface area contributed by atoms with Gasteiger partial charge in [-0.2, -0.15) is 0 Å². The van der Waals surface area contributed by atoms with Crippen molar-refractivity contribution < 1.29 is 19.1 Å². The first-order valence-electron chi connectivity index (χ1n) is 10.6. The van der Waals surface area contributed by atoms with Crippen LogP contribution in [0.3, 0.4) is 0 Å². The number of likely N-dealkylation sites (N-methyl/N-ethyl adjacent to an activating group) is 1. The highest BCUT2D eigenvalue weighted by Gasteiger charge is 2.40. The number of nitrogens with one attached hydrogen (secondary N) is 1. The molecule has 0 unspecified atom stereocenters. The third-order valence-electron chi connectivity index (χ3n) is 6.02. The number of amides is 2. The van der Waals surface area contributed by atoms with Crippen molar-refractivity contribution in [2.24, 2.45) is 0 Å². The summed E-state index contributed by atoms with van der Waals surface area (Å²) in [4.78, 5) is 29.5. The fraction of sp³-hybridized carbons (Fsp3) is 0.417. The summed E-state index contributed by atoms with van der Waals surface area (Å²) >= 11 is 0. The zero-order valence-corrected chi connectivity index (χ0v) is 18.0. The highest BCUT2D eigenvalue weighted by molar-refractivity contribution is 5.97. The molecule has 0 aliphatic carbocycles. The van der Waals surface area contributed by atoms with Crippen molar-refractivity contribution in [2.45, 2.75) is 38.1 Å². The first-order chi connectivity index (χ1) is 15.0. The number of anilines is 1. The Hall–Kier alpha value is -2.90. The first-order valence-corrected chi connectivity index (χ1v) is 10.6. The summed E-state index contributed by atoms with van der Waals surface area (Å²) in [5.74, 6) is -0.218. The lowest BCUT2D eigenvalue weighted by atomic mass is 9.99. The Bertz CT molecular complexity index is 934. The predicted molar refractivity (Wildman–Crippen MR) is 118 cm³/mol. The molecule has 2 amide bonds. The number of methoxy groups -OCH3 is 1. The predicted octanol–water partition coefficient (Wildman–Crippen LogP) is 3.04. The average Bonchev–Trinajstić information content (AvgIpc) is 3.23. The molecule has 0 bridgehead atoms. The third kappa shape index (κ3) is 5.06. The number of likely N-dealkylation sites (tertiary alicyclic amines) is 1. The Labute approximate surface area is 182 Å². The molecule has 0 radical (unpaired) electrons. The topological polar surface area (TPSA) is 71.1 Å². The van der Waals surface area contributed by atoms with E-state index in [0.717, 1.165) is 30.8 Å². The molecule has 0 aromatic heterocycles. The van der Waals surface area contributed by atoms with Gasteiger partial charge in [-0.15, -0.1) is 0 Å². The lowest BCUT2D eigenvalue weighted by Crippen LogP contribution is -2.43. The maximum atomic E-state index is 13.1. The van der Waals surface area contributed by atoms with Crippen LogP contribution in [0.5, 0.6) is 0 Å². The van der Waals surface area contributed by atoms with Crippen LogP contribution in [0.15, 0.2) is 48.5 Å². The van der Waals surface area contributed by atoms with Crippen LogP contribution in [0, 0.1) is 0 Å². The zero-order chi connectivity index (χ0) is 21.8. The van der Waals surface area contributed by atoms with E-state index in [1.807, 2.05) is 42.5 Å². The van der Waals surface area contributed by atoms with Gasteiger partial charge in [-0.3, -0.25) is 9.69 Å². The maximum absolute atomic E-state index is 13.1. The quantitative estimate of drug-likeness (QED) is 0.801. The van der Waals surface area contributed by atoms with Crippen molar-refractivity contribution >= 4 is 17.7 Å². The number of hydrogen-bond donors (Lipinski definition) is 1. The molecule has 1 saturated heterocycles. The molecular weight excluding hydrogens is 394 g/mol. The lowest BCUT2D eigenvalue weighted by molar-refractivity contribution is -0.120. The monoisotopic (exact) mass is 423 g/mol. The zero-order valence-electron chi connectivity index (χ0n) is 18.0. The number of carbonyl (C=O) groups is 2. The van der Waals surface area contributed by atoms with Crippen LogP contribution in [0.2, 0.25) is 0 Å². The number of ether oxygens (including phenoxy) is 2. The van der Waals surface area contributed by atoms with E-state index >= 15 is 0 Å². The molecule has 0 saturated carbocycles. The van der Waals surface area contributed by atoms with Gasteiger partial charge in [0.25, 0.3) is 0 Å². The van der Waals surface area contributed by atoms with E-state index in [2.05, 4.69) is 23.3 Å². The van der Waals surface area contributed by atoms with Crippen LogP contribution in [0.4, 0.5) is 10.5 Å². The summed E-state index contributed by atoms with van der Waals surface area (Å²) in [7, 11) is 3.70. The molecule has 31 heavy (non-hydrogen) atoms. The fourth-order valence-corrected chi connectivity index (χ4v) is 4.22. The van der Waals surface area contributed by atoms with Crippen LogP contribution < -0.4 is 5.32 Å². The largest absolute Gasteiger partial charge is 0.445 e. The number of rotatable bonds is 5. The second-order valence-electron chi connectivity index (χ2n) is 8.26. The van der Waals surface area contributed by atoms with Gasteiger partial charge in [0.2, 0.25) is 5.91 Å². The first kappa shape index (κ1) is 21.3. The minimum absolute atomic E-state index is 0.168. The van der Waals surface area contributed by atoms with Gasteiger partial charge < -0.3 is 19.7 Å². The highest BCUT2D eigenvalue weighted by atomic mass is 16.6.